The summed E-state index contributed by atoms with van der Waals surface area (Å²) in [5.74, 6) is 0.361. The molecule has 0 spiro atoms. The van der Waals surface area contributed by atoms with Crippen LogP contribution in [0.3, 0.4) is 0 Å². The molecule has 178 valence electrons. The number of hydrogen-bond donors (Lipinski definition) is 1. The van der Waals surface area contributed by atoms with Gasteiger partial charge in [-0.3, -0.25) is 4.79 Å². The van der Waals surface area contributed by atoms with Gasteiger partial charge < -0.3 is 19.5 Å². The molecular formula is C28H31NO5. The topological polar surface area (TPSA) is 73.9 Å². The second-order valence-electron chi connectivity index (χ2n) is 8.49. The average molecular weight is 462 g/mol. The fraction of sp³-hybridized carbons (Fsp3) is 0.357. The molecule has 34 heavy (non-hydrogen) atoms. The first-order valence-electron chi connectivity index (χ1n) is 11.7. The van der Waals surface area contributed by atoms with Crippen LogP contribution in [0, 0.1) is 0 Å². The standard InChI is InChI=1S/C28H31NO5/c1-5-33-23-13-12-19(16-24(23)34-6-2)26-25(28(31)32-4)17(3)29-21-14-20(15-22(30)27(21)26)18-10-8-7-9-11-18/h7-13,16,20,26,29H,5-6,14-15H2,1-4H3/t20-,26-/m0/s1. The summed E-state index contributed by atoms with van der Waals surface area (Å²) in [6.07, 6.45) is 1.09. The maximum Gasteiger partial charge on any atom is 0.336 e. The molecule has 0 aromatic heterocycles. The van der Waals surface area contributed by atoms with Gasteiger partial charge in [-0.25, -0.2) is 4.79 Å². The van der Waals surface area contributed by atoms with Crippen LogP contribution in [0.1, 0.15) is 56.6 Å². The van der Waals surface area contributed by atoms with E-state index in [1.54, 1.807) is 0 Å². The van der Waals surface area contributed by atoms with Gasteiger partial charge in [0.25, 0.3) is 0 Å². The molecule has 0 saturated carbocycles. The molecule has 1 N–H and O–H groups in total. The molecule has 6 nitrogen and oxygen atoms in total. The number of benzene rings is 2. The van der Waals surface area contributed by atoms with Gasteiger partial charge >= 0.3 is 5.97 Å². The SMILES string of the molecule is CCOc1ccc([C@H]2C(C(=O)OC)=C(C)NC3=C2C(=O)C[C@@H](c2ccccc2)C3)cc1OCC. The van der Waals surface area contributed by atoms with Gasteiger partial charge in [-0.05, 0) is 56.4 Å². The minimum absolute atomic E-state index is 0.0355. The highest BCUT2D eigenvalue weighted by molar-refractivity contribution is 6.04. The van der Waals surface area contributed by atoms with E-state index < -0.39 is 11.9 Å². The molecule has 4 rings (SSSR count). The molecule has 0 bridgehead atoms. The minimum Gasteiger partial charge on any atom is -0.490 e. The summed E-state index contributed by atoms with van der Waals surface area (Å²) in [5, 5.41) is 3.37. The summed E-state index contributed by atoms with van der Waals surface area (Å²) in [4.78, 5) is 26.5. The number of rotatable bonds is 7. The van der Waals surface area contributed by atoms with Crippen LogP contribution in [0.5, 0.6) is 11.5 Å². The van der Waals surface area contributed by atoms with E-state index in [0.717, 1.165) is 16.8 Å². The van der Waals surface area contributed by atoms with E-state index in [0.29, 0.717) is 54.4 Å². The second-order valence-corrected chi connectivity index (χ2v) is 8.49. The molecule has 6 heteroatoms. The molecule has 1 aliphatic carbocycles. The van der Waals surface area contributed by atoms with Crippen molar-refractivity contribution in [2.75, 3.05) is 20.3 Å². The van der Waals surface area contributed by atoms with Crippen molar-refractivity contribution in [1.82, 2.24) is 5.32 Å². The molecule has 2 aliphatic rings. The van der Waals surface area contributed by atoms with Crippen LogP contribution in [0.15, 0.2) is 71.1 Å². The highest BCUT2D eigenvalue weighted by Gasteiger charge is 2.41. The van der Waals surface area contributed by atoms with Gasteiger partial charge in [-0.1, -0.05) is 36.4 Å². The van der Waals surface area contributed by atoms with Crippen molar-refractivity contribution in [2.24, 2.45) is 0 Å². The van der Waals surface area contributed by atoms with Gasteiger partial charge in [0.05, 0.1) is 25.9 Å². The van der Waals surface area contributed by atoms with Gasteiger partial charge in [-0.15, -0.1) is 0 Å². The van der Waals surface area contributed by atoms with Crippen molar-refractivity contribution < 1.29 is 23.8 Å². The fourth-order valence-electron chi connectivity index (χ4n) is 4.96. The largest absolute Gasteiger partial charge is 0.490 e. The van der Waals surface area contributed by atoms with Crippen LogP contribution in [-0.2, 0) is 14.3 Å². The number of allylic oxidation sites excluding steroid dienone is 3. The van der Waals surface area contributed by atoms with Crippen LogP contribution in [0.4, 0.5) is 0 Å². The lowest BCUT2D eigenvalue weighted by Gasteiger charge is -2.36. The summed E-state index contributed by atoms with van der Waals surface area (Å²) in [6, 6.07) is 15.7. The molecule has 0 saturated heterocycles. The zero-order valence-corrected chi connectivity index (χ0v) is 20.1. The molecule has 2 aromatic rings. The third-order valence-electron chi connectivity index (χ3n) is 6.40. The smallest absolute Gasteiger partial charge is 0.336 e. The van der Waals surface area contributed by atoms with Crippen molar-refractivity contribution in [3.05, 3.63) is 82.2 Å². The monoisotopic (exact) mass is 461 g/mol. The molecule has 2 aromatic carbocycles. The number of carbonyl (C=O) groups is 2. The second kappa shape index (κ2) is 10.2. The Morgan fingerprint density at radius 2 is 1.68 bits per heavy atom. The zero-order chi connectivity index (χ0) is 24.2. The van der Waals surface area contributed by atoms with E-state index in [1.165, 1.54) is 7.11 Å². The minimum atomic E-state index is -0.539. The van der Waals surface area contributed by atoms with Crippen LogP contribution in [-0.4, -0.2) is 32.1 Å². The lowest BCUT2D eigenvalue weighted by atomic mass is 9.71. The normalized spacial score (nSPS) is 19.9. The number of carbonyl (C=O) groups excluding carboxylic acids is 2. The first kappa shape index (κ1) is 23.6. The van der Waals surface area contributed by atoms with E-state index in [9.17, 15) is 9.59 Å². The van der Waals surface area contributed by atoms with Crippen LogP contribution >= 0.6 is 0 Å². The number of dihydropyridines is 1. The van der Waals surface area contributed by atoms with E-state index in [4.69, 9.17) is 14.2 Å². The summed E-state index contributed by atoms with van der Waals surface area (Å²) < 4.78 is 16.7. The Morgan fingerprint density at radius 3 is 2.35 bits per heavy atom. The van der Waals surface area contributed by atoms with Gasteiger partial charge in [-0.2, -0.15) is 0 Å². The molecule has 1 heterocycles. The molecule has 0 fully saturated rings. The Morgan fingerprint density at radius 1 is 0.971 bits per heavy atom. The molecule has 1 aliphatic heterocycles. The summed E-state index contributed by atoms with van der Waals surface area (Å²) >= 11 is 0. The number of ketones is 1. The van der Waals surface area contributed by atoms with Crippen molar-refractivity contribution in [3.8, 4) is 11.5 Å². The molecule has 0 radical (unpaired) electrons. The Kier molecular flexibility index (Phi) is 7.06. The number of hydrogen-bond acceptors (Lipinski definition) is 6. The Bertz CT molecular complexity index is 1150. The van der Waals surface area contributed by atoms with E-state index in [2.05, 4.69) is 17.4 Å². The Balaban J connectivity index is 1.82. The van der Waals surface area contributed by atoms with Crippen LogP contribution < -0.4 is 14.8 Å². The van der Waals surface area contributed by atoms with Crippen molar-refractivity contribution in [1.29, 1.82) is 0 Å². The fourth-order valence-corrected chi connectivity index (χ4v) is 4.96. The first-order chi connectivity index (χ1) is 16.5. The third kappa shape index (κ3) is 4.45. The van der Waals surface area contributed by atoms with Crippen molar-refractivity contribution >= 4 is 11.8 Å². The predicted octanol–water partition coefficient (Wildman–Crippen LogP) is 5.02. The number of esters is 1. The lowest BCUT2D eigenvalue weighted by Crippen LogP contribution is -2.36. The molecule has 0 amide bonds. The van der Waals surface area contributed by atoms with Crippen molar-refractivity contribution in [3.63, 3.8) is 0 Å². The summed E-state index contributed by atoms with van der Waals surface area (Å²) in [5.41, 5.74) is 4.58. The van der Waals surface area contributed by atoms with E-state index in [1.807, 2.05) is 57.2 Å². The Labute approximate surface area is 200 Å². The molecule has 2 atom stereocenters. The van der Waals surface area contributed by atoms with Gasteiger partial charge in [0.1, 0.15) is 0 Å². The maximum atomic E-state index is 13.6. The highest BCUT2D eigenvalue weighted by Crippen LogP contribution is 2.47. The van der Waals surface area contributed by atoms with Crippen LogP contribution in [0.2, 0.25) is 0 Å². The van der Waals surface area contributed by atoms with Gasteiger partial charge in [0, 0.05) is 29.3 Å². The maximum absolute atomic E-state index is 13.6. The molecule has 0 unspecified atom stereocenters. The number of methoxy groups -OCH3 is 1. The summed E-state index contributed by atoms with van der Waals surface area (Å²) in [7, 11) is 1.36. The van der Waals surface area contributed by atoms with E-state index >= 15 is 0 Å². The quantitative estimate of drug-likeness (QED) is 0.584. The highest BCUT2D eigenvalue weighted by atomic mass is 16.5. The average Bonchev–Trinajstić information content (AvgIpc) is 2.84. The first-order valence-corrected chi connectivity index (χ1v) is 11.7. The van der Waals surface area contributed by atoms with Crippen LogP contribution in [0.25, 0.3) is 0 Å². The zero-order valence-electron chi connectivity index (χ0n) is 20.1. The van der Waals surface area contributed by atoms with Gasteiger partial charge in [0.15, 0.2) is 17.3 Å². The van der Waals surface area contributed by atoms with Gasteiger partial charge in [0.2, 0.25) is 0 Å². The Hall–Kier alpha value is -3.54. The summed E-state index contributed by atoms with van der Waals surface area (Å²) in [6.45, 7) is 6.66. The lowest BCUT2D eigenvalue weighted by molar-refractivity contribution is -0.136. The predicted molar refractivity (Wildman–Crippen MR) is 130 cm³/mol. The third-order valence-corrected chi connectivity index (χ3v) is 6.40. The van der Waals surface area contributed by atoms with E-state index in [-0.39, 0.29) is 11.7 Å². The number of ether oxygens (including phenoxy) is 3. The molecular weight excluding hydrogens is 430 g/mol. The number of nitrogens with one attached hydrogen (secondary N) is 1. The van der Waals surface area contributed by atoms with Crippen molar-refractivity contribution in [2.45, 2.75) is 45.4 Å². The number of Topliss-reactive ketones (excluding diaryl/α,β-unsaturated/α-hetero) is 1.